The molecule has 30 heavy (non-hydrogen) atoms. The van der Waals surface area contributed by atoms with Gasteiger partial charge in [0.1, 0.15) is 11.4 Å². The van der Waals surface area contributed by atoms with Crippen molar-refractivity contribution in [3.8, 4) is 5.75 Å². The molecule has 4 rings (SSSR count). The first-order chi connectivity index (χ1) is 14.5. The molecule has 5 N–H and O–H groups in total. The standard InChI is InChI=1S/C21H28N6O3/c22-11-14-3-1-13(2-4-14)10-17-19(27(28)29)20(23)26-21(25-17)24-12-15-5-6-18-16(9-15)7-8-30-18/h5-6,9,13-14H,1-4,7-8,10-12,22H2,(H3,23,24,25,26). The molecule has 0 saturated heterocycles. The molecule has 1 fully saturated rings. The molecule has 2 aliphatic rings. The molecule has 1 saturated carbocycles. The molecule has 0 amide bonds. The molecular formula is C21H28N6O3. The van der Waals surface area contributed by atoms with Gasteiger partial charge in [-0.3, -0.25) is 10.1 Å². The maximum Gasteiger partial charge on any atom is 0.332 e. The van der Waals surface area contributed by atoms with Crippen molar-refractivity contribution in [3.63, 3.8) is 0 Å². The van der Waals surface area contributed by atoms with Gasteiger partial charge in [0.25, 0.3) is 0 Å². The number of hydrogen-bond acceptors (Lipinski definition) is 8. The Morgan fingerprint density at radius 1 is 1.20 bits per heavy atom. The van der Waals surface area contributed by atoms with Crippen LogP contribution in [0.4, 0.5) is 17.5 Å². The molecule has 1 aromatic heterocycles. The number of nitrogens with two attached hydrogens (primary N) is 2. The van der Waals surface area contributed by atoms with Crippen LogP contribution >= 0.6 is 0 Å². The van der Waals surface area contributed by atoms with Gasteiger partial charge in [0, 0.05) is 13.0 Å². The van der Waals surface area contributed by atoms with E-state index in [1.807, 2.05) is 12.1 Å². The van der Waals surface area contributed by atoms with Crippen molar-refractivity contribution in [1.82, 2.24) is 9.97 Å². The molecular weight excluding hydrogens is 384 g/mol. The van der Waals surface area contributed by atoms with Crippen LogP contribution in [0.15, 0.2) is 18.2 Å². The van der Waals surface area contributed by atoms with Crippen molar-refractivity contribution in [2.24, 2.45) is 17.6 Å². The Morgan fingerprint density at radius 3 is 2.70 bits per heavy atom. The van der Waals surface area contributed by atoms with Crippen LogP contribution in [-0.4, -0.2) is 28.0 Å². The van der Waals surface area contributed by atoms with Crippen molar-refractivity contribution < 1.29 is 9.66 Å². The number of nitrogens with one attached hydrogen (secondary N) is 1. The van der Waals surface area contributed by atoms with Crippen molar-refractivity contribution in [3.05, 3.63) is 45.1 Å². The predicted octanol–water partition coefficient (Wildman–Crippen LogP) is 2.82. The fourth-order valence-electron chi connectivity index (χ4n) is 4.42. The Hall–Kier alpha value is -2.94. The Bertz CT molecular complexity index is 927. The Balaban J connectivity index is 1.49. The maximum atomic E-state index is 11.6. The number of aromatic nitrogens is 2. The van der Waals surface area contributed by atoms with Gasteiger partial charge in [0.05, 0.1) is 11.5 Å². The number of anilines is 2. The highest BCUT2D eigenvalue weighted by Crippen LogP contribution is 2.34. The summed E-state index contributed by atoms with van der Waals surface area (Å²) >= 11 is 0. The molecule has 0 bridgehead atoms. The summed E-state index contributed by atoms with van der Waals surface area (Å²) in [6, 6.07) is 6.05. The van der Waals surface area contributed by atoms with E-state index in [4.69, 9.17) is 16.2 Å². The average Bonchev–Trinajstić information content (AvgIpc) is 3.20. The van der Waals surface area contributed by atoms with Crippen LogP contribution in [0.1, 0.15) is 42.5 Å². The number of rotatable bonds is 7. The van der Waals surface area contributed by atoms with Gasteiger partial charge in [-0.25, -0.2) is 4.98 Å². The van der Waals surface area contributed by atoms with E-state index in [-0.39, 0.29) is 11.5 Å². The number of nitrogens with zero attached hydrogens (tertiary/aromatic N) is 3. The first kappa shape index (κ1) is 20.3. The molecule has 1 aliphatic heterocycles. The number of nitrogen functional groups attached to an aromatic ring is 1. The lowest BCUT2D eigenvalue weighted by atomic mass is 9.80. The number of benzene rings is 1. The van der Waals surface area contributed by atoms with Gasteiger partial charge in [0.15, 0.2) is 0 Å². The summed E-state index contributed by atoms with van der Waals surface area (Å²) in [4.78, 5) is 19.7. The van der Waals surface area contributed by atoms with E-state index in [1.54, 1.807) is 0 Å². The number of ether oxygens (including phenoxy) is 1. The second-order valence-electron chi connectivity index (χ2n) is 8.21. The first-order valence-electron chi connectivity index (χ1n) is 10.5. The quantitative estimate of drug-likeness (QED) is 0.465. The molecule has 0 unspecified atom stereocenters. The normalized spacial score (nSPS) is 20.4. The van der Waals surface area contributed by atoms with Crippen LogP contribution in [0.3, 0.4) is 0 Å². The lowest BCUT2D eigenvalue weighted by Crippen LogP contribution is -2.23. The molecule has 2 heterocycles. The minimum absolute atomic E-state index is 0.0921. The zero-order valence-electron chi connectivity index (χ0n) is 17.0. The van der Waals surface area contributed by atoms with Gasteiger partial charge >= 0.3 is 5.69 Å². The van der Waals surface area contributed by atoms with Gasteiger partial charge in [-0.2, -0.15) is 4.98 Å². The zero-order valence-corrected chi connectivity index (χ0v) is 17.0. The largest absolute Gasteiger partial charge is 0.493 e. The lowest BCUT2D eigenvalue weighted by molar-refractivity contribution is -0.385. The summed E-state index contributed by atoms with van der Waals surface area (Å²) in [5, 5.41) is 14.7. The average molecular weight is 412 g/mol. The van der Waals surface area contributed by atoms with Crippen molar-refractivity contribution >= 4 is 17.5 Å². The Labute approximate surface area is 175 Å². The highest BCUT2D eigenvalue weighted by Gasteiger charge is 2.28. The molecule has 0 atom stereocenters. The van der Waals surface area contributed by atoms with Gasteiger partial charge in [-0.1, -0.05) is 12.1 Å². The summed E-state index contributed by atoms with van der Waals surface area (Å²) in [7, 11) is 0. The summed E-state index contributed by atoms with van der Waals surface area (Å²) < 4.78 is 5.54. The highest BCUT2D eigenvalue weighted by atomic mass is 16.6. The van der Waals surface area contributed by atoms with E-state index >= 15 is 0 Å². The minimum atomic E-state index is -0.472. The maximum absolute atomic E-state index is 11.6. The predicted molar refractivity (Wildman–Crippen MR) is 114 cm³/mol. The fraction of sp³-hybridized carbons (Fsp3) is 0.524. The van der Waals surface area contributed by atoms with E-state index in [1.165, 1.54) is 5.56 Å². The molecule has 9 nitrogen and oxygen atoms in total. The van der Waals surface area contributed by atoms with E-state index in [0.717, 1.165) is 43.4 Å². The summed E-state index contributed by atoms with van der Waals surface area (Å²) in [6.45, 7) is 1.92. The van der Waals surface area contributed by atoms with Crippen molar-refractivity contribution in [2.75, 3.05) is 24.2 Å². The molecule has 2 aromatic rings. The van der Waals surface area contributed by atoms with Crippen LogP contribution in [0.25, 0.3) is 0 Å². The number of fused-ring (bicyclic) bond motifs is 1. The summed E-state index contributed by atoms with van der Waals surface area (Å²) in [5.74, 6) is 2.07. The van der Waals surface area contributed by atoms with E-state index < -0.39 is 4.92 Å². The minimum Gasteiger partial charge on any atom is -0.493 e. The van der Waals surface area contributed by atoms with E-state index in [2.05, 4.69) is 21.4 Å². The molecule has 0 radical (unpaired) electrons. The van der Waals surface area contributed by atoms with Gasteiger partial charge in [-0.15, -0.1) is 0 Å². The van der Waals surface area contributed by atoms with Crippen LogP contribution < -0.4 is 21.5 Å². The van der Waals surface area contributed by atoms with Crippen LogP contribution in [0.2, 0.25) is 0 Å². The van der Waals surface area contributed by atoms with Gasteiger partial charge in [-0.05, 0) is 67.7 Å². The summed E-state index contributed by atoms with van der Waals surface area (Å²) in [5.41, 5.74) is 14.2. The Kier molecular flexibility index (Phi) is 5.98. The first-order valence-corrected chi connectivity index (χ1v) is 10.5. The van der Waals surface area contributed by atoms with Crippen molar-refractivity contribution in [1.29, 1.82) is 0 Å². The van der Waals surface area contributed by atoms with Crippen LogP contribution in [0.5, 0.6) is 5.75 Å². The highest BCUT2D eigenvalue weighted by molar-refractivity contribution is 5.58. The second kappa shape index (κ2) is 8.83. The van der Waals surface area contributed by atoms with Crippen molar-refractivity contribution in [2.45, 2.75) is 45.1 Å². The van der Waals surface area contributed by atoms with Gasteiger partial charge in [0.2, 0.25) is 11.8 Å². The lowest BCUT2D eigenvalue weighted by Gasteiger charge is -2.27. The molecule has 9 heteroatoms. The third-order valence-electron chi connectivity index (χ3n) is 6.15. The second-order valence-corrected chi connectivity index (χ2v) is 8.21. The third kappa shape index (κ3) is 4.46. The molecule has 160 valence electrons. The smallest absolute Gasteiger partial charge is 0.332 e. The Morgan fingerprint density at radius 2 is 1.97 bits per heavy atom. The fourth-order valence-corrected chi connectivity index (χ4v) is 4.42. The topological polar surface area (TPSA) is 142 Å². The number of nitro groups is 1. The monoisotopic (exact) mass is 412 g/mol. The summed E-state index contributed by atoms with van der Waals surface area (Å²) in [6.07, 6.45) is 5.56. The van der Waals surface area contributed by atoms with Crippen LogP contribution in [-0.2, 0) is 19.4 Å². The molecule has 1 aromatic carbocycles. The zero-order chi connectivity index (χ0) is 21.1. The van der Waals surface area contributed by atoms with Gasteiger partial charge < -0.3 is 21.5 Å². The SMILES string of the molecule is NCC1CCC(Cc2nc(NCc3ccc4c(c3)CCO4)nc(N)c2[N+](=O)[O-])CC1. The molecule has 0 spiro atoms. The van der Waals surface area contributed by atoms with Crippen LogP contribution in [0, 0.1) is 22.0 Å². The molecule has 1 aliphatic carbocycles. The van der Waals surface area contributed by atoms with E-state index in [9.17, 15) is 10.1 Å². The number of hydrogen-bond donors (Lipinski definition) is 3. The van der Waals surface area contributed by atoms with E-state index in [0.29, 0.717) is 49.6 Å². The third-order valence-corrected chi connectivity index (χ3v) is 6.15.